The minimum Gasteiger partial charge on any atom is -0.480 e. The lowest BCUT2D eigenvalue weighted by atomic mass is 9.99. The molecule has 0 aliphatic heterocycles. The molecule has 0 saturated heterocycles. The van der Waals surface area contributed by atoms with Gasteiger partial charge in [-0.05, 0) is 38.3 Å². The first-order chi connectivity index (χ1) is 8.45. The molecule has 100 valence electrons. The number of hydrogen-bond acceptors (Lipinski definition) is 2. The Kier molecular flexibility index (Phi) is 5.35. The molecule has 1 aromatic carbocycles. The minimum atomic E-state index is -0.770. The molecule has 0 fully saturated rings. The van der Waals surface area contributed by atoms with Gasteiger partial charge in [-0.15, -0.1) is 0 Å². The van der Waals surface area contributed by atoms with Gasteiger partial charge < -0.3 is 5.11 Å². The number of aliphatic carboxylic acids is 1. The number of rotatable bonds is 6. The van der Waals surface area contributed by atoms with Gasteiger partial charge in [-0.2, -0.15) is 0 Å². The molecule has 1 aromatic rings. The summed E-state index contributed by atoms with van der Waals surface area (Å²) >= 11 is 0. The quantitative estimate of drug-likeness (QED) is 0.814. The van der Waals surface area contributed by atoms with Crippen LogP contribution in [-0.2, 0) is 4.79 Å². The zero-order valence-electron chi connectivity index (χ0n) is 11.7. The van der Waals surface area contributed by atoms with Crippen molar-refractivity contribution in [1.82, 2.24) is 5.32 Å². The molecule has 0 saturated carbocycles. The number of aryl methyl sites for hydroxylation is 2. The summed E-state index contributed by atoms with van der Waals surface area (Å²) in [6.45, 7) is 8.14. The monoisotopic (exact) mass is 249 g/mol. The molecule has 0 bridgehead atoms. The van der Waals surface area contributed by atoms with Gasteiger partial charge in [-0.25, -0.2) is 0 Å². The summed E-state index contributed by atoms with van der Waals surface area (Å²) in [5, 5.41) is 12.3. The van der Waals surface area contributed by atoms with Gasteiger partial charge in [0.15, 0.2) is 0 Å². The van der Waals surface area contributed by atoms with E-state index in [0.717, 1.165) is 6.42 Å². The Balaban J connectivity index is 2.80. The molecule has 3 heteroatoms. The van der Waals surface area contributed by atoms with E-state index >= 15 is 0 Å². The maximum Gasteiger partial charge on any atom is 0.320 e. The summed E-state index contributed by atoms with van der Waals surface area (Å²) in [5.74, 6) is -0.770. The van der Waals surface area contributed by atoms with Gasteiger partial charge >= 0.3 is 5.97 Å². The fourth-order valence-electron chi connectivity index (χ4n) is 2.27. The van der Waals surface area contributed by atoms with E-state index < -0.39 is 12.0 Å². The maximum absolute atomic E-state index is 11.1. The van der Waals surface area contributed by atoms with E-state index in [1.54, 1.807) is 0 Å². The molecule has 18 heavy (non-hydrogen) atoms. The number of carboxylic acid groups (broad SMARTS) is 1. The third-order valence-corrected chi connectivity index (χ3v) is 3.22. The Morgan fingerprint density at radius 1 is 1.39 bits per heavy atom. The van der Waals surface area contributed by atoms with Crippen LogP contribution in [-0.4, -0.2) is 17.1 Å². The van der Waals surface area contributed by atoms with Crippen molar-refractivity contribution in [1.29, 1.82) is 0 Å². The van der Waals surface area contributed by atoms with Gasteiger partial charge in [0.1, 0.15) is 6.04 Å². The van der Waals surface area contributed by atoms with Crippen LogP contribution in [0.4, 0.5) is 0 Å². The average molecular weight is 249 g/mol. The van der Waals surface area contributed by atoms with Crippen LogP contribution in [0.2, 0.25) is 0 Å². The van der Waals surface area contributed by atoms with Crippen molar-refractivity contribution in [3.63, 3.8) is 0 Å². The van der Waals surface area contributed by atoms with E-state index in [9.17, 15) is 4.79 Å². The fourth-order valence-corrected chi connectivity index (χ4v) is 2.27. The van der Waals surface area contributed by atoms with Crippen LogP contribution in [0.15, 0.2) is 18.2 Å². The van der Waals surface area contributed by atoms with Crippen LogP contribution in [0.1, 0.15) is 49.4 Å². The Hall–Kier alpha value is -1.35. The summed E-state index contributed by atoms with van der Waals surface area (Å²) in [5.41, 5.74) is 3.60. The number of nitrogens with one attached hydrogen (secondary N) is 1. The molecule has 0 aliphatic rings. The predicted molar refractivity (Wildman–Crippen MR) is 73.8 cm³/mol. The highest BCUT2D eigenvalue weighted by atomic mass is 16.4. The van der Waals surface area contributed by atoms with Crippen LogP contribution < -0.4 is 5.32 Å². The Labute approximate surface area is 109 Å². The van der Waals surface area contributed by atoms with Crippen molar-refractivity contribution in [2.45, 2.75) is 52.6 Å². The normalized spacial score (nSPS) is 14.2. The molecule has 0 heterocycles. The second-order valence-corrected chi connectivity index (χ2v) is 4.93. The van der Waals surface area contributed by atoms with Gasteiger partial charge in [-0.3, -0.25) is 10.1 Å². The topological polar surface area (TPSA) is 49.3 Å². The number of hydrogen-bond donors (Lipinski definition) is 2. The van der Waals surface area contributed by atoms with Crippen molar-refractivity contribution < 1.29 is 9.90 Å². The van der Waals surface area contributed by atoms with Crippen LogP contribution in [0.3, 0.4) is 0 Å². The van der Waals surface area contributed by atoms with Gasteiger partial charge in [0.2, 0.25) is 0 Å². The largest absolute Gasteiger partial charge is 0.480 e. The molecular formula is C15H23NO2. The van der Waals surface area contributed by atoms with Gasteiger partial charge in [0, 0.05) is 6.04 Å². The SMILES string of the molecule is CCCC(NC(C)c1ccc(C)cc1C)C(=O)O. The Morgan fingerprint density at radius 2 is 2.06 bits per heavy atom. The predicted octanol–water partition coefficient (Wildman–Crippen LogP) is 3.21. The maximum atomic E-state index is 11.1. The molecule has 2 atom stereocenters. The van der Waals surface area contributed by atoms with E-state index in [0.29, 0.717) is 6.42 Å². The van der Waals surface area contributed by atoms with E-state index in [4.69, 9.17) is 5.11 Å². The van der Waals surface area contributed by atoms with E-state index in [-0.39, 0.29) is 6.04 Å². The van der Waals surface area contributed by atoms with Crippen molar-refractivity contribution in [3.05, 3.63) is 34.9 Å². The first-order valence-electron chi connectivity index (χ1n) is 6.51. The zero-order chi connectivity index (χ0) is 13.7. The molecular weight excluding hydrogens is 226 g/mol. The summed E-state index contributed by atoms with van der Waals surface area (Å²) in [4.78, 5) is 11.1. The van der Waals surface area contributed by atoms with E-state index in [1.165, 1.54) is 16.7 Å². The third-order valence-electron chi connectivity index (χ3n) is 3.22. The van der Waals surface area contributed by atoms with Crippen molar-refractivity contribution in [2.75, 3.05) is 0 Å². The fraction of sp³-hybridized carbons (Fsp3) is 0.533. The molecule has 0 radical (unpaired) electrons. The molecule has 0 aromatic heterocycles. The first kappa shape index (κ1) is 14.7. The number of carbonyl (C=O) groups is 1. The molecule has 3 nitrogen and oxygen atoms in total. The standard InChI is InChI=1S/C15H23NO2/c1-5-6-14(15(17)18)16-12(4)13-8-7-10(2)9-11(13)3/h7-9,12,14,16H,5-6H2,1-4H3,(H,17,18). The summed E-state index contributed by atoms with van der Waals surface area (Å²) < 4.78 is 0. The second-order valence-electron chi connectivity index (χ2n) is 4.93. The van der Waals surface area contributed by atoms with Crippen molar-refractivity contribution >= 4 is 5.97 Å². The van der Waals surface area contributed by atoms with Crippen LogP contribution in [0.25, 0.3) is 0 Å². The van der Waals surface area contributed by atoms with Crippen LogP contribution in [0.5, 0.6) is 0 Å². The van der Waals surface area contributed by atoms with Crippen LogP contribution in [0, 0.1) is 13.8 Å². The van der Waals surface area contributed by atoms with Crippen molar-refractivity contribution in [2.24, 2.45) is 0 Å². The second kappa shape index (κ2) is 6.55. The zero-order valence-corrected chi connectivity index (χ0v) is 11.7. The smallest absolute Gasteiger partial charge is 0.320 e. The summed E-state index contributed by atoms with van der Waals surface area (Å²) in [6.07, 6.45) is 1.52. The lowest BCUT2D eigenvalue weighted by molar-refractivity contribution is -0.139. The molecule has 0 spiro atoms. The Bertz CT molecular complexity index is 415. The molecule has 0 aliphatic carbocycles. The minimum absolute atomic E-state index is 0.0539. The van der Waals surface area contributed by atoms with Crippen LogP contribution >= 0.6 is 0 Å². The lowest BCUT2D eigenvalue weighted by Crippen LogP contribution is -2.38. The molecule has 1 rings (SSSR count). The van der Waals surface area contributed by atoms with E-state index in [1.807, 2.05) is 13.8 Å². The first-order valence-corrected chi connectivity index (χ1v) is 6.51. The van der Waals surface area contributed by atoms with Gasteiger partial charge in [0.05, 0.1) is 0 Å². The average Bonchev–Trinajstić information content (AvgIpc) is 2.27. The highest BCUT2D eigenvalue weighted by Gasteiger charge is 2.19. The summed E-state index contributed by atoms with van der Waals surface area (Å²) in [6, 6.07) is 5.86. The lowest BCUT2D eigenvalue weighted by Gasteiger charge is -2.21. The molecule has 2 N–H and O–H groups in total. The van der Waals surface area contributed by atoms with Gasteiger partial charge in [-0.1, -0.05) is 37.1 Å². The Morgan fingerprint density at radius 3 is 2.56 bits per heavy atom. The van der Waals surface area contributed by atoms with E-state index in [2.05, 4.69) is 37.4 Å². The summed E-state index contributed by atoms with van der Waals surface area (Å²) in [7, 11) is 0. The highest BCUT2D eigenvalue weighted by Crippen LogP contribution is 2.19. The third kappa shape index (κ3) is 3.84. The molecule has 0 amide bonds. The molecule has 2 unspecified atom stereocenters. The van der Waals surface area contributed by atoms with Crippen molar-refractivity contribution in [3.8, 4) is 0 Å². The van der Waals surface area contributed by atoms with Gasteiger partial charge in [0.25, 0.3) is 0 Å². The number of benzene rings is 1. The number of carboxylic acids is 1. The highest BCUT2D eigenvalue weighted by molar-refractivity contribution is 5.73.